The summed E-state index contributed by atoms with van der Waals surface area (Å²) >= 11 is 0. The summed E-state index contributed by atoms with van der Waals surface area (Å²) in [7, 11) is 0. The Kier molecular flexibility index (Phi) is 3.28. The fourth-order valence-electron chi connectivity index (χ4n) is 1.87. The molecule has 0 aromatic heterocycles. The minimum absolute atomic E-state index is 0.0445. The number of amides is 2. The Morgan fingerprint density at radius 1 is 1.61 bits per heavy atom. The van der Waals surface area contributed by atoms with E-state index in [1.54, 1.807) is 25.1 Å². The van der Waals surface area contributed by atoms with E-state index in [1.807, 2.05) is 6.07 Å². The zero-order chi connectivity index (χ0) is 13.1. The first kappa shape index (κ1) is 12.1. The highest BCUT2D eigenvalue weighted by Gasteiger charge is 2.19. The standard InChI is InChI=1S/C13H13N3O2/c1-2-8(7-14)13(18)15-10-3-4-11-9(5-10)6-12(17)16-11/h3-5,8H,2,6H2,1H3,(H,15,18)(H,16,17). The third-order valence-electron chi connectivity index (χ3n) is 2.88. The highest BCUT2D eigenvalue weighted by Crippen LogP contribution is 2.26. The van der Waals surface area contributed by atoms with Crippen LogP contribution in [0, 0.1) is 17.2 Å². The first-order valence-electron chi connectivity index (χ1n) is 5.77. The molecule has 5 nitrogen and oxygen atoms in total. The Morgan fingerprint density at radius 2 is 2.39 bits per heavy atom. The Morgan fingerprint density at radius 3 is 3.06 bits per heavy atom. The summed E-state index contributed by atoms with van der Waals surface area (Å²) in [5, 5.41) is 14.2. The number of carbonyl (C=O) groups excluding carboxylic acids is 2. The van der Waals surface area contributed by atoms with Crippen molar-refractivity contribution in [2.45, 2.75) is 19.8 Å². The van der Waals surface area contributed by atoms with E-state index in [1.165, 1.54) is 0 Å². The van der Waals surface area contributed by atoms with Crippen molar-refractivity contribution in [2.75, 3.05) is 10.6 Å². The van der Waals surface area contributed by atoms with Crippen molar-refractivity contribution in [2.24, 2.45) is 5.92 Å². The van der Waals surface area contributed by atoms with Crippen LogP contribution in [-0.4, -0.2) is 11.8 Å². The number of nitrogens with one attached hydrogen (secondary N) is 2. The summed E-state index contributed by atoms with van der Waals surface area (Å²) in [6.45, 7) is 1.79. The lowest BCUT2D eigenvalue weighted by atomic mass is 10.1. The minimum atomic E-state index is -0.641. The molecule has 1 heterocycles. The maximum atomic E-state index is 11.7. The van der Waals surface area contributed by atoms with Gasteiger partial charge in [0.05, 0.1) is 12.5 Å². The summed E-state index contributed by atoms with van der Waals surface area (Å²) in [5.74, 6) is -0.993. The van der Waals surface area contributed by atoms with Gasteiger partial charge in [0.1, 0.15) is 5.92 Å². The molecule has 0 bridgehead atoms. The lowest BCUT2D eigenvalue weighted by molar-refractivity contribution is -0.118. The van der Waals surface area contributed by atoms with Gasteiger partial charge < -0.3 is 10.6 Å². The molecule has 1 unspecified atom stereocenters. The van der Waals surface area contributed by atoms with Gasteiger partial charge in [0.2, 0.25) is 11.8 Å². The van der Waals surface area contributed by atoms with Crippen molar-refractivity contribution in [3.05, 3.63) is 23.8 Å². The first-order chi connectivity index (χ1) is 8.63. The van der Waals surface area contributed by atoms with Crippen LogP contribution in [0.5, 0.6) is 0 Å². The van der Waals surface area contributed by atoms with Crippen LogP contribution in [0.25, 0.3) is 0 Å². The molecule has 0 radical (unpaired) electrons. The SMILES string of the molecule is CCC(C#N)C(=O)Nc1ccc2c(c1)CC(=O)N2. The largest absolute Gasteiger partial charge is 0.326 e. The van der Waals surface area contributed by atoms with Crippen molar-refractivity contribution in [1.82, 2.24) is 0 Å². The van der Waals surface area contributed by atoms with E-state index in [-0.39, 0.29) is 11.8 Å². The smallest absolute Gasteiger partial charge is 0.241 e. The lowest BCUT2D eigenvalue weighted by Gasteiger charge is -2.09. The highest BCUT2D eigenvalue weighted by atomic mass is 16.2. The van der Waals surface area contributed by atoms with Crippen molar-refractivity contribution < 1.29 is 9.59 Å². The van der Waals surface area contributed by atoms with Crippen molar-refractivity contribution >= 4 is 23.2 Å². The number of nitrogens with zero attached hydrogens (tertiary/aromatic N) is 1. The molecule has 0 saturated heterocycles. The molecule has 2 N–H and O–H groups in total. The second-order valence-corrected chi connectivity index (χ2v) is 4.18. The molecule has 1 atom stereocenters. The number of benzene rings is 1. The van der Waals surface area contributed by atoms with E-state index in [4.69, 9.17) is 5.26 Å². The average molecular weight is 243 g/mol. The number of anilines is 2. The average Bonchev–Trinajstić information content (AvgIpc) is 2.70. The van der Waals surface area contributed by atoms with E-state index in [0.717, 1.165) is 11.3 Å². The van der Waals surface area contributed by atoms with E-state index < -0.39 is 5.92 Å². The van der Waals surface area contributed by atoms with Gasteiger partial charge in [-0.3, -0.25) is 9.59 Å². The van der Waals surface area contributed by atoms with Crippen LogP contribution < -0.4 is 10.6 Å². The molecule has 18 heavy (non-hydrogen) atoms. The Hall–Kier alpha value is -2.35. The molecule has 2 rings (SSSR count). The van der Waals surface area contributed by atoms with Gasteiger partial charge in [-0.2, -0.15) is 5.26 Å². The van der Waals surface area contributed by atoms with Crippen LogP contribution in [0.2, 0.25) is 0 Å². The Labute approximate surface area is 105 Å². The van der Waals surface area contributed by atoms with Crippen molar-refractivity contribution in [3.8, 4) is 6.07 Å². The van der Waals surface area contributed by atoms with E-state index in [0.29, 0.717) is 18.5 Å². The summed E-state index contributed by atoms with van der Waals surface area (Å²) in [6.07, 6.45) is 0.807. The molecular formula is C13H13N3O2. The maximum Gasteiger partial charge on any atom is 0.241 e. The molecule has 0 aliphatic carbocycles. The molecular weight excluding hydrogens is 230 g/mol. The zero-order valence-corrected chi connectivity index (χ0v) is 9.99. The predicted octanol–water partition coefficient (Wildman–Crippen LogP) is 1.67. The topological polar surface area (TPSA) is 82.0 Å². The molecule has 1 aliphatic heterocycles. The molecule has 0 fully saturated rings. The monoisotopic (exact) mass is 243 g/mol. The highest BCUT2D eigenvalue weighted by molar-refractivity contribution is 6.00. The van der Waals surface area contributed by atoms with Crippen LogP contribution in [0.15, 0.2) is 18.2 Å². The van der Waals surface area contributed by atoms with Crippen molar-refractivity contribution in [3.63, 3.8) is 0 Å². The fraction of sp³-hybridized carbons (Fsp3) is 0.308. The summed E-state index contributed by atoms with van der Waals surface area (Å²) in [4.78, 5) is 22.9. The van der Waals surface area contributed by atoms with Gasteiger partial charge in [0, 0.05) is 11.4 Å². The number of hydrogen-bond acceptors (Lipinski definition) is 3. The van der Waals surface area contributed by atoms with Crippen molar-refractivity contribution in [1.29, 1.82) is 5.26 Å². The lowest BCUT2D eigenvalue weighted by Crippen LogP contribution is -2.20. The number of carbonyl (C=O) groups is 2. The maximum absolute atomic E-state index is 11.7. The summed E-state index contributed by atoms with van der Waals surface area (Å²) < 4.78 is 0. The van der Waals surface area contributed by atoms with Crippen LogP contribution >= 0.6 is 0 Å². The number of nitriles is 1. The Balaban J connectivity index is 2.12. The molecule has 1 aromatic carbocycles. The van der Waals surface area contributed by atoms with Gasteiger partial charge in [-0.25, -0.2) is 0 Å². The van der Waals surface area contributed by atoms with E-state index in [9.17, 15) is 9.59 Å². The quantitative estimate of drug-likeness (QED) is 0.847. The van der Waals surface area contributed by atoms with Gasteiger partial charge in [0.25, 0.3) is 0 Å². The zero-order valence-electron chi connectivity index (χ0n) is 9.99. The molecule has 0 saturated carbocycles. The van der Waals surface area contributed by atoms with Gasteiger partial charge in [0.15, 0.2) is 0 Å². The minimum Gasteiger partial charge on any atom is -0.326 e. The molecule has 1 aromatic rings. The predicted molar refractivity (Wildman–Crippen MR) is 66.8 cm³/mol. The van der Waals surface area contributed by atoms with Gasteiger partial charge in [-0.15, -0.1) is 0 Å². The van der Waals surface area contributed by atoms with Crippen LogP contribution in [-0.2, 0) is 16.0 Å². The van der Waals surface area contributed by atoms with Gasteiger partial charge >= 0.3 is 0 Å². The van der Waals surface area contributed by atoms with Crippen LogP contribution in [0.3, 0.4) is 0 Å². The fourth-order valence-corrected chi connectivity index (χ4v) is 1.87. The molecule has 1 aliphatic rings. The van der Waals surface area contributed by atoms with E-state index in [2.05, 4.69) is 10.6 Å². The number of fused-ring (bicyclic) bond motifs is 1. The third kappa shape index (κ3) is 2.33. The van der Waals surface area contributed by atoms with Crippen LogP contribution in [0.1, 0.15) is 18.9 Å². The summed E-state index contributed by atoms with van der Waals surface area (Å²) in [5.41, 5.74) is 2.26. The molecule has 92 valence electrons. The third-order valence-corrected chi connectivity index (χ3v) is 2.88. The first-order valence-corrected chi connectivity index (χ1v) is 5.77. The molecule has 5 heteroatoms. The van der Waals surface area contributed by atoms with Gasteiger partial charge in [-0.1, -0.05) is 6.92 Å². The summed E-state index contributed by atoms with van der Waals surface area (Å²) in [6, 6.07) is 7.18. The number of rotatable bonds is 3. The molecule has 2 amide bonds. The second-order valence-electron chi connectivity index (χ2n) is 4.18. The van der Waals surface area contributed by atoms with E-state index >= 15 is 0 Å². The van der Waals surface area contributed by atoms with Crippen LogP contribution in [0.4, 0.5) is 11.4 Å². The second kappa shape index (κ2) is 4.88. The number of hydrogen-bond donors (Lipinski definition) is 2. The Bertz CT molecular complexity index is 546. The van der Waals surface area contributed by atoms with Gasteiger partial charge in [-0.05, 0) is 30.2 Å². The molecule has 0 spiro atoms. The normalized spacial score (nSPS) is 14.3.